The molecule has 0 N–H and O–H groups in total. The second kappa shape index (κ2) is 4.45. The first-order chi connectivity index (χ1) is 6.25. The van der Waals surface area contributed by atoms with Crippen molar-refractivity contribution in [1.82, 2.24) is 0 Å². The fourth-order valence-electron chi connectivity index (χ4n) is 1.12. The summed E-state index contributed by atoms with van der Waals surface area (Å²) in [5.41, 5.74) is 1.11. The smallest absolute Gasteiger partial charge is 0.130 e. The minimum atomic E-state index is 1.11. The molecule has 2 nitrogen and oxygen atoms in total. The van der Waals surface area contributed by atoms with Crippen molar-refractivity contribution in [3.8, 4) is 0 Å². The van der Waals surface area contributed by atoms with Gasteiger partial charge in [-0.15, -0.1) is 9.69 Å². The van der Waals surface area contributed by atoms with Crippen LogP contribution in [0.3, 0.4) is 0 Å². The second-order valence-electron chi connectivity index (χ2n) is 2.82. The molecule has 0 aliphatic rings. The number of hydrogen-bond donors (Lipinski definition) is 0. The lowest BCUT2D eigenvalue weighted by Crippen LogP contribution is -2.25. The lowest BCUT2D eigenvalue weighted by atomic mass is 10.3. The van der Waals surface area contributed by atoms with Crippen LogP contribution in [0.25, 0.3) is 0 Å². The molecule has 0 saturated carbocycles. The van der Waals surface area contributed by atoms with E-state index in [2.05, 4.69) is 6.72 Å². The summed E-state index contributed by atoms with van der Waals surface area (Å²) in [6.07, 6.45) is 3.96. The standard InChI is InChI=1S/C11H15N2/c1-4-10-13(12(2)3)11-8-6-5-7-9-11/h4-10H,2H2,1,3H3/q+1/b10-4-. The van der Waals surface area contributed by atoms with Gasteiger partial charge in [-0.2, -0.15) is 0 Å². The van der Waals surface area contributed by atoms with Crippen LogP contribution in [-0.2, 0) is 0 Å². The molecule has 1 aromatic carbocycles. The summed E-state index contributed by atoms with van der Waals surface area (Å²) in [5.74, 6) is 0. The van der Waals surface area contributed by atoms with Gasteiger partial charge in [0.05, 0.1) is 6.20 Å². The zero-order valence-corrected chi connectivity index (χ0v) is 8.14. The van der Waals surface area contributed by atoms with Gasteiger partial charge in [-0.3, -0.25) is 0 Å². The lowest BCUT2D eigenvalue weighted by Gasteiger charge is -2.12. The lowest BCUT2D eigenvalue weighted by molar-refractivity contribution is -0.493. The van der Waals surface area contributed by atoms with Gasteiger partial charge in [-0.1, -0.05) is 24.3 Å². The van der Waals surface area contributed by atoms with Crippen LogP contribution < -0.4 is 5.01 Å². The third kappa shape index (κ3) is 2.44. The third-order valence-electron chi connectivity index (χ3n) is 1.68. The monoisotopic (exact) mass is 175 g/mol. The van der Waals surface area contributed by atoms with Gasteiger partial charge in [-0.25, -0.2) is 0 Å². The van der Waals surface area contributed by atoms with Gasteiger partial charge < -0.3 is 0 Å². The topological polar surface area (TPSA) is 6.25 Å². The molecule has 0 heterocycles. The molecule has 13 heavy (non-hydrogen) atoms. The summed E-state index contributed by atoms with van der Waals surface area (Å²) in [5, 5.41) is 1.97. The third-order valence-corrected chi connectivity index (χ3v) is 1.68. The van der Waals surface area contributed by atoms with Gasteiger partial charge in [0.1, 0.15) is 5.69 Å². The van der Waals surface area contributed by atoms with E-state index in [1.54, 1.807) is 4.68 Å². The van der Waals surface area contributed by atoms with Crippen LogP contribution in [0.4, 0.5) is 5.69 Å². The van der Waals surface area contributed by atoms with Crippen molar-refractivity contribution in [3.63, 3.8) is 0 Å². The van der Waals surface area contributed by atoms with Crippen molar-refractivity contribution in [2.75, 3.05) is 12.1 Å². The van der Waals surface area contributed by atoms with Gasteiger partial charge in [0.2, 0.25) is 0 Å². The number of allylic oxidation sites excluding steroid dienone is 1. The summed E-state index contributed by atoms with van der Waals surface area (Å²) < 4.78 is 1.79. The SMILES string of the molecule is C=[N+](C)N(/C=C\C)c1ccccc1. The van der Waals surface area contributed by atoms with E-state index in [-0.39, 0.29) is 0 Å². The second-order valence-corrected chi connectivity index (χ2v) is 2.82. The molecule has 0 amide bonds. The van der Waals surface area contributed by atoms with Crippen LogP contribution in [0.5, 0.6) is 0 Å². The minimum absolute atomic E-state index is 1.11. The van der Waals surface area contributed by atoms with E-state index in [1.165, 1.54) is 0 Å². The van der Waals surface area contributed by atoms with Crippen LogP contribution in [0, 0.1) is 0 Å². The van der Waals surface area contributed by atoms with E-state index in [1.807, 2.05) is 61.6 Å². The molecule has 68 valence electrons. The van der Waals surface area contributed by atoms with Crippen molar-refractivity contribution in [3.05, 3.63) is 42.6 Å². The summed E-state index contributed by atoms with van der Waals surface area (Å²) >= 11 is 0. The van der Waals surface area contributed by atoms with Gasteiger partial charge in [0.15, 0.2) is 13.8 Å². The zero-order chi connectivity index (χ0) is 9.68. The Bertz CT molecular complexity index is 301. The molecular weight excluding hydrogens is 160 g/mol. The highest BCUT2D eigenvalue weighted by molar-refractivity contribution is 5.46. The molecule has 0 atom stereocenters. The number of anilines is 1. The first-order valence-corrected chi connectivity index (χ1v) is 4.27. The Morgan fingerprint density at radius 2 is 1.92 bits per heavy atom. The van der Waals surface area contributed by atoms with E-state index in [0.717, 1.165) is 5.69 Å². The maximum atomic E-state index is 3.84. The minimum Gasteiger partial charge on any atom is -0.130 e. The maximum Gasteiger partial charge on any atom is 0.162 e. The highest BCUT2D eigenvalue weighted by Crippen LogP contribution is 2.12. The van der Waals surface area contributed by atoms with Crippen LogP contribution in [0.15, 0.2) is 42.6 Å². The summed E-state index contributed by atoms with van der Waals surface area (Å²) in [4.78, 5) is 0. The van der Waals surface area contributed by atoms with Gasteiger partial charge in [0, 0.05) is 0 Å². The number of para-hydroxylation sites is 1. The first-order valence-electron chi connectivity index (χ1n) is 4.27. The average Bonchev–Trinajstić information content (AvgIpc) is 2.15. The molecule has 2 heteroatoms. The van der Waals surface area contributed by atoms with E-state index >= 15 is 0 Å². The summed E-state index contributed by atoms with van der Waals surface area (Å²) in [7, 11) is 1.91. The Labute approximate surface area is 79.4 Å². The molecule has 0 aromatic heterocycles. The Morgan fingerprint density at radius 3 is 2.38 bits per heavy atom. The van der Waals surface area contributed by atoms with Crippen molar-refractivity contribution in [1.29, 1.82) is 0 Å². The number of hydrazine groups is 1. The van der Waals surface area contributed by atoms with E-state index in [0.29, 0.717) is 0 Å². The van der Waals surface area contributed by atoms with Gasteiger partial charge in [0.25, 0.3) is 0 Å². The molecule has 0 radical (unpaired) electrons. The quantitative estimate of drug-likeness (QED) is 0.388. The largest absolute Gasteiger partial charge is 0.162 e. The predicted molar refractivity (Wildman–Crippen MR) is 57.0 cm³/mol. The molecule has 0 spiro atoms. The van der Waals surface area contributed by atoms with Crippen molar-refractivity contribution in [2.24, 2.45) is 0 Å². The number of benzene rings is 1. The van der Waals surface area contributed by atoms with Crippen molar-refractivity contribution < 1.29 is 4.68 Å². The maximum absolute atomic E-state index is 3.84. The average molecular weight is 175 g/mol. The Hall–Kier alpha value is -1.57. The predicted octanol–water partition coefficient (Wildman–Crippen LogP) is 2.28. The zero-order valence-electron chi connectivity index (χ0n) is 8.14. The number of rotatable bonds is 3. The molecule has 1 aromatic rings. The Balaban J connectivity index is 2.96. The molecule has 0 saturated heterocycles. The highest BCUT2D eigenvalue weighted by Gasteiger charge is 2.06. The Morgan fingerprint density at radius 1 is 1.31 bits per heavy atom. The molecule has 1 rings (SSSR count). The van der Waals surface area contributed by atoms with E-state index in [4.69, 9.17) is 0 Å². The molecule has 0 bridgehead atoms. The number of nitrogens with zero attached hydrogens (tertiary/aromatic N) is 2. The number of hydrazone groups is 1. The molecule has 0 aliphatic carbocycles. The van der Waals surface area contributed by atoms with Crippen LogP contribution in [0.1, 0.15) is 6.92 Å². The van der Waals surface area contributed by atoms with Crippen LogP contribution >= 0.6 is 0 Å². The summed E-state index contributed by atoms with van der Waals surface area (Å²) in [6, 6.07) is 10.1. The molecular formula is C11H15N2+. The van der Waals surface area contributed by atoms with Gasteiger partial charge in [-0.05, 0) is 19.1 Å². The van der Waals surface area contributed by atoms with Crippen LogP contribution in [0.2, 0.25) is 0 Å². The van der Waals surface area contributed by atoms with E-state index < -0.39 is 0 Å². The van der Waals surface area contributed by atoms with E-state index in [9.17, 15) is 0 Å². The fourth-order valence-corrected chi connectivity index (χ4v) is 1.12. The fraction of sp³-hybridized carbons (Fsp3) is 0.182. The van der Waals surface area contributed by atoms with Gasteiger partial charge >= 0.3 is 0 Å². The first kappa shape index (κ1) is 9.52. The van der Waals surface area contributed by atoms with Crippen molar-refractivity contribution >= 4 is 12.4 Å². The van der Waals surface area contributed by atoms with Crippen LogP contribution in [-0.4, -0.2) is 18.4 Å². The number of hydrogen-bond acceptors (Lipinski definition) is 1. The molecule has 0 fully saturated rings. The normalized spacial score (nSPS) is 10.3. The highest BCUT2D eigenvalue weighted by atomic mass is 15.5. The molecule has 0 aliphatic heterocycles. The van der Waals surface area contributed by atoms with Crippen molar-refractivity contribution in [2.45, 2.75) is 6.92 Å². The molecule has 0 unspecified atom stereocenters. The Kier molecular flexibility index (Phi) is 3.26. The summed E-state index contributed by atoms with van der Waals surface area (Å²) in [6.45, 7) is 5.83.